The first-order valence-electron chi connectivity index (χ1n) is 5.96. The smallest absolute Gasteiger partial charge is 0.244 e. The Morgan fingerprint density at radius 1 is 1.37 bits per heavy atom. The van der Waals surface area contributed by atoms with Crippen LogP contribution < -0.4 is 10.2 Å². The average Bonchev–Trinajstić information content (AvgIpc) is 2.90. The van der Waals surface area contributed by atoms with Crippen LogP contribution in [-0.2, 0) is 20.1 Å². The van der Waals surface area contributed by atoms with Gasteiger partial charge < -0.3 is 10.2 Å². The Hall–Kier alpha value is -1.60. The first-order valence-corrected chi connectivity index (χ1v) is 6.34. The van der Waals surface area contributed by atoms with Gasteiger partial charge in [0.1, 0.15) is 5.82 Å². The molecule has 0 aliphatic rings. The van der Waals surface area contributed by atoms with Crippen LogP contribution in [0.3, 0.4) is 0 Å². The minimum atomic E-state index is 0.599. The van der Waals surface area contributed by atoms with Crippen LogP contribution in [0.5, 0.6) is 0 Å². The van der Waals surface area contributed by atoms with Gasteiger partial charge in [-0.1, -0.05) is 11.6 Å². The van der Waals surface area contributed by atoms with Crippen molar-refractivity contribution < 1.29 is 0 Å². The fourth-order valence-corrected chi connectivity index (χ4v) is 1.96. The van der Waals surface area contributed by atoms with Crippen LogP contribution in [-0.4, -0.2) is 39.1 Å². The molecule has 0 aliphatic carbocycles. The number of hydrogen-bond donors (Lipinski definition) is 2. The van der Waals surface area contributed by atoms with E-state index in [1.807, 2.05) is 33.0 Å². The van der Waals surface area contributed by atoms with E-state index in [-0.39, 0.29) is 0 Å². The molecule has 0 radical (unpaired) electrons. The van der Waals surface area contributed by atoms with Crippen LogP contribution in [0.15, 0.2) is 0 Å². The van der Waals surface area contributed by atoms with Crippen LogP contribution in [0.4, 0.5) is 5.95 Å². The number of rotatable bonds is 5. The van der Waals surface area contributed by atoms with Crippen molar-refractivity contribution in [2.75, 3.05) is 19.0 Å². The van der Waals surface area contributed by atoms with Gasteiger partial charge in [0.2, 0.25) is 5.95 Å². The van der Waals surface area contributed by atoms with Crippen molar-refractivity contribution >= 4 is 17.5 Å². The second kappa shape index (κ2) is 5.58. The zero-order valence-electron chi connectivity index (χ0n) is 11.5. The highest BCUT2D eigenvalue weighted by molar-refractivity contribution is 6.31. The lowest BCUT2D eigenvalue weighted by Crippen LogP contribution is -2.16. The molecule has 0 spiro atoms. The lowest BCUT2D eigenvalue weighted by atomic mass is 10.3. The van der Waals surface area contributed by atoms with Gasteiger partial charge in [-0.05, 0) is 6.92 Å². The van der Waals surface area contributed by atoms with Gasteiger partial charge in [-0.25, -0.2) is 0 Å². The molecule has 2 N–H and O–H groups in total. The van der Waals surface area contributed by atoms with Crippen LogP contribution in [0, 0.1) is 6.92 Å². The number of halogens is 1. The van der Waals surface area contributed by atoms with E-state index in [1.54, 1.807) is 4.68 Å². The number of anilines is 1. The highest BCUT2D eigenvalue weighted by atomic mass is 35.5. The largest absolute Gasteiger partial charge is 0.346 e. The summed E-state index contributed by atoms with van der Waals surface area (Å²) in [7, 11) is 5.69. The molecule has 0 amide bonds. The molecule has 0 aliphatic heterocycles. The van der Waals surface area contributed by atoms with Gasteiger partial charge in [-0.2, -0.15) is 10.1 Å². The third-order valence-corrected chi connectivity index (χ3v) is 3.26. The summed E-state index contributed by atoms with van der Waals surface area (Å²) in [6.45, 7) is 3.13. The van der Waals surface area contributed by atoms with E-state index in [2.05, 4.69) is 25.6 Å². The Bertz CT molecular complexity index is 557. The predicted molar refractivity (Wildman–Crippen MR) is 74.2 cm³/mol. The molecule has 0 unspecified atom stereocenters. The number of hydrogen-bond acceptors (Lipinski definition) is 5. The van der Waals surface area contributed by atoms with Gasteiger partial charge in [-0.15, -0.1) is 5.10 Å². The van der Waals surface area contributed by atoms with Crippen molar-refractivity contribution in [3.8, 4) is 0 Å². The molecule has 104 valence electrons. The Morgan fingerprint density at radius 3 is 2.63 bits per heavy atom. The van der Waals surface area contributed by atoms with Crippen molar-refractivity contribution in [3.63, 3.8) is 0 Å². The molecule has 0 aromatic carbocycles. The number of nitrogens with one attached hydrogen (secondary N) is 2. The fourth-order valence-electron chi connectivity index (χ4n) is 1.74. The summed E-state index contributed by atoms with van der Waals surface area (Å²) in [6, 6.07) is 0. The van der Waals surface area contributed by atoms with Gasteiger partial charge in [0.05, 0.1) is 23.0 Å². The van der Waals surface area contributed by atoms with Crippen LogP contribution in [0.2, 0.25) is 5.02 Å². The summed E-state index contributed by atoms with van der Waals surface area (Å²) in [6.07, 6.45) is 0. The lowest BCUT2D eigenvalue weighted by Gasteiger charge is -2.05. The third kappa shape index (κ3) is 3.05. The van der Waals surface area contributed by atoms with E-state index < -0.39 is 0 Å². The van der Waals surface area contributed by atoms with E-state index in [4.69, 9.17) is 11.6 Å². The van der Waals surface area contributed by atoms with Crippen molar-refractivity contribution in [2.24, 2.45) is 7.05 Å². The quantitative estimate of drug-likeness (QED) is 0.851. The Kier molecular flexibility index (Phi) is 4.06. The molecule has 0 saturated heterocycles. The second-order valence-electron chi connectivity index (χ2n) is 4.55. The molecule has 0 atom stereocenters. The number of aromatic amines is 1. The standard InChI is InChI=1S/C11H18ClN7/c1-7-10(12)8(19(4)17-7)5-13-6-9-14-11(16-15-9)18(2)3/h13H,5-6H2,1-4H3,(H,14,15,16). The Labute approximate surface area is 117 Å². The maximum Gasteiger partial charge on any atom is 0.244 e. The van der Waals surface area contributed by atoms with E-state index in [0.29, 0.717) is 24.1 Å². The van der Waals surface area contributed by atoms with E-state index in [9.17, 15) is 0 Å². The van der Waals surface area contributed by atoms with Gasteiger partial charge in [0.25, 0.3) is 0 Å². The highest BCUT2D eigenvalue weighted by Gasteiger charge is 2.11. The van der Waals surface area contributed by atoms with Gasteiger partial charge in [0.15, 0.2) is 0 Å². The molecule has 19 heavy (non-hydrogen) atoms. The van der Waals surface area contributed by atoms with Crippen LogP contribution in [0.25, 0.3) is 0 Å². The minimum Gasteiger partial charge on any atom is -0.346 e. The predicted octanol–water partition coefficient (Wildman–Crippen LogP) is 0.856. The first kappa shape index (κ1) is 13.8. The molecule has 0 bridgehead atoms. The third-order valence-electron chi connectivity index (χ3n) is 2.77. The van der Waals surface area contributed by atoms with Gasteiger partial charge in [-0.3, -0.25) is 9.78 Å². The topological polar surface area (TPSA) is 74.7 Å². The molecule has 0 fully saturated rings. The van der Waals surface area contributed by atoms with Crippen molar-refractivity contribution in [1.82, 2.24) is 30.3 Å². The number of aryl methyl sites for hydroxylation is 2. The summed E-state index contributed by atoms with van der Waals surface area (Å²) in [5, 5.41) is 15.2. The average molecular weight is 284 g/mol. The monoisotopic (exact) mass is 283 g/mol. The molecule has 8 heteroatoms. The van der Waals surface area contributed by atoms with Crippen molar-refractivity contribution in [2.45, 2.75) is 20.0 Å². The molecule has 0 saturated carbocycles. The summed E-state index contributed by atoms with van der Waals surface area (Å²) in [4.78, 5) is 6.18. The van der Waals surface area contributed by atoms with E-state index >= 15 is 0 Å². The molecule has 2 aromatic heterocycles. The maximum atomic E-state index is 6.18. The van der Waals surface area contributed by atoms with Gasteiger partial charge >= 0.3 is 0 Å². The SMILES string of the molecule is Cc1nn(C)c(CNCc2nc(N(C)C)n[nH]2)c1Cl. The number of aromatic nitrogens is 5. The van der Waals surface area contributed by atoms with E-state index in [1.165, 1.54) is 0 Å². The first-order chi connectivity index (χ1) is 8.99. The summed E-state index contributed by atoms with van der Waals surface area (Å²) < 4.78 is 1.79. The maximum absolute atomic E-state index is 6.18. The van der Waals surface area contributed by atoms with Crippen molar-refractivity contribution in [3.05, 3.63) is 22.2 Å². The number of H-pyrrole nitrogens is 1. The van der Waals surface area contributed by atoms with Crippen molar-refractivity contribution in [1.29, 1.82) is 0 Å². The summed E-state index contributed by atoms with van der Waals surface area (Å²) >= 11 is 6.18. The minimum absolute atomic E-state index is 0.599. The van der Waals surface area contributed by atoms with Gasteiger partial charge in [0, 0.05) is 27.7 Å². The molecular formula is C11H18ClN7. The van der Waals surface area contributed by atoms with E-state index in [0.717, 1.165) is 17.2 Å². The Morgan fingerprint density at radius 2 is 2.11 bits per heavy atom. The lowest BCUT2D eigenvalue weighted by molar-refractivity contribution is 0.611. The molecular weight excluding hydrogens is 266 g/mol. The Balaban J connectivity index is 1.92. The zero-order chi connectivity index (χ0) is 14.0. The molecule has 7 nitrogen and oxygen atoms in total. The molecule has 2 rings (SSSR count). The normalized spacial score (nSPS) is 11.0. The number of nitrogens with zero attached hydrogens (tertiary/aromatic N) is 5. The fraction of sp³-hybridized carbons (Fsp3) is 0.545. The molecule has 2 aromatic rings. The van der Waals surface area contributed by atoms with Crippen LogP contribution >= 0.6 is 11.6 Å². The summed E-state index contributed by atoms with van der Waals surface area (Å²) in [5.41, 5.74) is 1.81. The highest BCUT2D eigenvalue weighted by Crippen LogP contribution is 2.18. The summed E-state index contributed by atoms with van der Waals surface area (Å²) in [5.74, 6) is 1.46. The zero-order valence-corrected chi connectivity index (χ0v) is 12.3. The molecule has 2 heterocycles. The second-order valence-corrected chi connectivity index (χ2v) is 4.93. The van der Waals surface area contributed by atoms with Crippen LogP contribution in [0.1, 0.15) is 17.2 Å².